The van der Waals surface area contributed by atoms with Crippen molar-refractivity contribution >= 4 is 23.2 Å². The number of nitro groups is 1. The second-order valence-electron chi connectivity index (χ2n) is 5.61. The Hall–Kier alpha value is -3.03. The highest BCUT2D eigenvalue weighted by Crippen LogP contribution is 2.31. The molecule has 124 valence electrons. The Morgan fingerprint density at radius 3 is 2.96 bits per heavy atom. The molecule has 1 fully saturated rings. The molecule has 1 atom stereocenters. The van der Waals surface area contributed by atoms with Crippen molar-refractivity contribution < 1.29 is 9.72 Å². The fourth-order valence-electron chi connectivity index (χ4n) is 2.87. The highest BCUT2D eigenvalue weighted by molar-refractivity contribution is 5.96. The molecule has 1 aliphatic rings. The van der Waals surface area contributed by atoms with E-state index in [9.17, 15) is 14.9 Å². The van der Waals surface area contributed by atoms with E-state index in [0.29, 0.717) is 18.8 Å². The first-order valence-corrected chi connectivity index (χ1v) is 7.67. The molecule has 1 N–H and O–H groups in total. The molecule has 0 unspecified atom stereocenters. The van der Waals surface area contributed by atoms with Crippen molar-refractivity contribution in [2.45, 2.75) is 25.8 Å². The summed E-state index contributed by atoms with van der Waals surface area (Å²) in [5, 5.41) is 14.0. The number of aryl methyl sites for hydroxylation is 1. The topological polar surface area (TPSA) is 101 Å². The molecule has 8 heteroatoms. The number of nitrogens with zero attached hydrogens (tertiary/aromatic N) is 4. The molecule has 8 nitrogen and oxygen atoms in total. The zero-order chi connectivity index (χ0) is 17.1. The van der Waals surface area contributed by atoms with Crippen LogP contribution in [0.3, 0.4) is 0 Å². The second kappa shape index (κ2) is 6.61. The number of anilines is 2. The third-order valence-electron chi connectivity index (χ3n) is 3.93. The highest BCUT2D eigenvalue weighted by Gasteiger charge is 2.35. The van der Waals surface area contributed by atoms with Crippen LogP contribution in [0.2, 0.25) is 0 Å². The van der Waals surface area contributed by atoms with Gasteiger partial charge in [0.25, 0.3) is 0 Å². The van der Waals surface area contributed by atoms with Crippen LogP contribution in [-0.4, -0.2) is 33.4 Å². The van der Waals surface area contributed by atoms with E-state index in [1.165, 1.54) is 18.3 Å². The molecule has 1 saturated heterocycles. The molecule has 24 heavy (non-hydrogen) atoms. The molecule has 3 rings (SSSR count). The fourth-order valence-corrected chi connectivity index (χ4v) is 2.87. The Morgan fingerprint density at radius 1 is 1.38 bits per heavy atom. The van der Waals surface area contributed by atoms with Crippen molar-refractivity contribution in [3.63, 3.8) is 0 Å². The normalized spacial score (nSPS) is 16.9. The van der Waals surface area contributed by atoms with Gasteiger partial charge in [-0.15, -0.1) is 0 Å². The number of pyridine rings is 2. The minimum absolute atomic E-state index is 0.0918. The first kappa shape index (κ1) is 15.9. The maximum atomic E-state index is 12.6. The van der Waals surface area contributed by atoms with Crippen molar-refractivity contribution in [3.8, 4) is 0 Å². The van der Waals surface area contributed by atoms with Crippen molar-refractivity contribution in [1.29, 1.82) is 0 Å². The minimum atomic E-state index is -0.499. The van der Waals surface area contributed by atoms with Crippen molar-refractivity contribution in [2.24, 2.45) is 0 Å². The lowest BCUT2D eigenvalue weighted by Gasteiger charge is -2.24. The number of hydrogen-bond acceptors (Lipinski definition) is 6. The van der Waals surface area contributed by atoms with Gasteiger partial charge in [0.1, 0.15) is 11.9 Å². The van der Waals surface area contributed by atoms with Crippen LogP contribution in [0.4, 0.5) is 17.3 Å². The number of nitrogens with one attached hydrogen (secondary N) is 1. The average Bonchev–Trinajstić information content (AvgIpc) is 3.04. The van der Waals surface area contributed by atoms with Crippen LogP contribution in [0.1, 0.15) is 18.5 Å². The van der Waals surface area contributed by atoms with Gasteiger partial charge in [0.15, 0.2) is 0 Å². The van der Waals surface area contributed by atoms with Gasteiger partial charge >= 0.3 is 5.69 Å². The van der Waals surface area contributed by atoms with Gasteiger partial charge in [-0.05, 0) is 38.0 Å². The Kier molecular flexibility index (Phi) is 4.37. The van der Waals surface area contributed by atoms with Crippen LogP contribution in [0.25, 0.3) is 0 Å². The quantitative estimate of drug-likeness (QED) is 0.683. The van der Waals surface area contributed by atoms with Gasteiger partial charge in [-0.25, -0.2) is 9.97 Å². The van der Waals surface area contributed by atoms with Gasteiger partial charge in [0.05, 0.1) is 4.92 Å². The molecule has 1 amide bonds. The highest BCUT2D eigenvalue weighted by atomic mass is 16.6. The van der Waals surface area contributed by atoms with Gasteiger partial charge in [0, 0.05) is 24.5 Å². The molecular weight excluding hydrogens is 310 g/mol. The number of rotatable bonds is 4. The zero-order valence-electron chi connectivity index (χ0n) is 13.2. The van der Waals surface area contributed by atoms with Gasteiger partial charge < -0.3 is 10.2 Å². The predicted molar refractivity (Wildman–Crippen MR) is 88.9 cm³/mol. The summed E-state index contributed by atoms with van der Waals surface area (Å²) < 4.78 is 0. The summed E-state index contributed by atoms with van der Waals surface area (Å²) in [6, 6.07) is 7.79. The Morgan fingerprint density at radius 2 is 2.21 bits per heavy atom. The van der Waals surface area contributed by atoms with Crippen molar-refractivity contribution in [1.82, 2.24) is 9.97 Å². The maximum absolute atomic E-state index is 12.6. The second-order valence-corrected chi connectivity index (χ2v) is 5.61. The van der Waals surface area contributed by atoms with E-state index in [1.54, 1.807) is 11.0 Å². The summed E-state index contributed by atoms with van der Waals surface area (Å²) in [6.45, 7) is 2.39. The standard InChI is InChI=1S/C16H17N5O3/c1-11-5-2-8-14(18-11)19-16(22)13-7-4-10-20(13)15-12(21(23)24)6-3-9-17-15/h2-3,5-6,8-9,13H,4,7,10H2,1H3,(H,18,19,22)/t13-/m0/s1. The molecule has 0 aromatic carbocycles. The summed E-state index contributed by atoms with van der Waals surface area (Å²) in [7, 11) is 0. The van der Waals surface area contributed by atoms with E-state index >= 15 is 0 Å². The van der Waals surface area contributed by atoms with Gasteiger partial charge in [-0.3, -0.25) is 14.9 Å². The molecule has 3 heterocycles. The summed E-state index contributed by atoms with van der Waals surface area (Å²) >= 11 is 0. The van der Waals surface area contributed by atoms with Gasteiger partial charge in [-0.1, -0.05) is 6.07 Å². The number of amides is 1. The summed E-state index contributed by atoms with van der Waals surface area (Å²) in [5.41, 5.74) is 0.710. The van der Waals surface area contributed by atoms with E-state index in [4.69, 9.17) is 0 Å². The van der Waals surface area contributed by atoms with Crippen LogP contribution >= 0.6 is 0 Å². The van der Waals surface area contributed by atoms with Gasteiger partial charge in [-0.2, -0.15) is 0 Å². The van der Waals surface area contributed by atoms with Crippen LogP contribution in [-0.2, 0) is 4.79 Å². The number of hydrogen-bond donors (Lipinski definition) is 1. The lowest BCUT2D eigenvalue weighted by molar-refractivity contribution is -0.384. The lowest BCUT2D eigenvalue weighted by Crippen LogP contribution is -2.40. The Labute approximate surface area is 138 Å². The van der Waals surface area contributed by atoms with E-state index in [0.717, 1.165) is 12.1 Å². The minimum Gasteiger partial charge on any atom is -0.339 e. The smallest absolute Gasteiger partial charge is 0.311 e. The maximum Gasteiger partial charge on any atom is 0.311 e. The molecule has 0 spiro atoms. The molecule has 2 aromatic rings. The number of carbonyl (C=O) groups is 1. The van der Waals surface area contributed by atoms with E-state index in [-0.39, 0.29) is 17.4 Å². The van der Waals surface area contributed by atoms with Crippen LogP contribution in [0.5, 0.6) is 0 Å². The van der Waals surface area contributed by atoms with Crippen LogP contribution in [0, 0.1) is 17.0 Å². The SMILES string of the molecule is Cc1cccc(NC(=O)[C@@H]2CCCN2c2ncccc2[N+](=O)[O-])n1. The molecule has 0 bridgehead atoms. The van der Waals surface area contributed by atoms with Crippen LogP contribution in [0.15, 0.2) is 36.5 Å². The summed E-state index contributed by atoms with van der Waals surface area (Å²) in [5.74, 6) is 0.477. The Bertz CT molecular complexity index is 780. The van der Waals surface area contributed by atoms with E-state index < -0.39 is 11.0 Å². The average molecular weight is 327 g/mol. The predicted octanol–water partition coefficient (Wildman–Crippen LogP) is 2.30. The largest absolute Gasteiger partial charge is 0.339 e. The van der Waals surface area contributed by atoms with E-state index in [2.05, 4.69) is 15.3 Å². The molecule has 0 saturated carbocycles. The summed E-state index contributed by atoms with van der Waals surface area (Å²) in [6.07, 6.45) is 2.89. The number of carbonyl (C=O) groups excluding carboxylic acids is 1. The third kappa shape index (κ3) is 3.17. The Balaban J connectivity index is 1.83. The molecule has 0 radical (unpaired) electrons. The first-order chi connectivity index (χ1) is 11.6. The van der Waals surface area contributed by atoms with Crippen molar-refractivity contribution in [2.75, 3.05) is 16.8 Å². The fraction of sp³-hybridized carbons (Fsp3) is 0.312. The van der Waals surface area contributed by atoms with Crippen LogP contribution < -0.4 is 10.2 Å². The molecular formula is C16H17N5O3. The third-order valence-corrected chi connectivity index (χ3v) is 3.93. The molecule has 1 aliphatic heterocycles. The molecule has 2 aromatic heterocycles. The zero-order valence-corrected chi connectivity index (χ0v) is 13.2. The number of aromatic nitrogens is 2. The first-order valence-electron chi connectivity index (χ1n) is 7.67. The summed E-state index contributed by atoms with van der Waals surface area (Å²) in [4.78, 5) is 33.4. The van der Waals surface area contributed by atoms with Gasteiger partial charge in [0.2, 0.25) is 11.7 Å². The monoisotopic (exact) mass is 327 g/mol. The lowest BCUT2D eigenvalue weighted by atomic mass is 10.2. The molecule has 0 aliphatic carbocycles. The van der Waals surface area contributed by atoms with E-state index in [1.807, 2.05) is 19.1 Å². The van der Waals surface area contributed by atoms with Crippen molar-refractivity contribution in [3.05, 3.63) is 52.3 Å².